The molecule has 11 rings (SSSR count). The van der Waals surface area contributed by atoms with Crippen LogP contribution in [0, 0.1) is 0 Å². The van der Waals surface area contributed by atoms with Gasteiger partial charge in [-0.25, -0.2) is 15.0 Å². The number of aromatic nitrogens is 12. The lowest BCUT2D eigenvalue weighted by atomic mass is 9.93. The average molecular weight is 1310 g/mol. The van der Waals surface area contributed by atoms with Crippen LogP contribution in [-0.4, -0.2) is 118 Å². The van der Waals surface area contributed by atoms with Gasteiger partial charge in [-0.1, -0.05) is 13.3 Å². The van der Waals surface area contributed by atoms with Crippen LogP contribution in [0.25, 0.3) is 16.9 Å². The van der Waals surface area contributed by atoms with Crippen molar-refractivity contribution in [2.45, 2.75) is 102 Å². The normalized spacial score (nSPS) is 14.4. The topological polar surface area (TPSA) is 245 Å². The largest absolute Gasteiger partial charge is 0.396 e. The number of halogens is 3. The molecule has 2 atom stereocenters. The van der Waals surface area contributed by atoms with E-state index in [1.165, 1.54) is 25.7 Å². The number of hydrogen-bond donors (Lipinski definition) is 8. The molecule has 1 saturated carbocycles. The molecule has 2 aliphatic rings. The Morgan fingerprint density at radius 2 is 1.26 bits per heavy atom. The minimum Gasteiger partial charge on any atom is -0.396 e. The fraction of sp³-hybridized carbons (Fsp3) is 0.400. The van der Waals surface area contributed by atoms with Crippen molar-refractivity contribution in [3.05, 3.63) is 147 Å². The molecule has 26 heteroatoms. The van der Waals surface area contributed by atoms with E-state index in [2.05, 4.69) is 118 Å². The van der Waals surface area contributed by atoms with E-state index in [0.717, 1.165) is 120 Å². The van der Waals surface area contributed by atoms with Gasteiger partial charge in [-0.15, -0.1) is 0 Å². The molecule has 1 saturated heterocycles. The number of rotatable bonds is 20. The summed E-state index contributed by atoms with van der Waals surface area (Å²) in [5, 5.41) is 57.4. The Bertz CT molecular complexity index is 3410. The number of aliphatic hydroxyl groups excluding tert-OH is 2. The molecule has 9 aromatic heterocycles. The van der Waals surface area contributed by atoms with Gasteiger partial charge in [0.05, 0.1) is 38.6 Å². The first-order chi connectivity index (χ1) is 39.5. The summed E-state index contributed by atoms with van der Waals surface area (Å²) in [5.41, 5.74) is 5.49. The van der Waals surface area contributed by atoms with Gasteiger partial charge in [-0.2, -0.15) is 28.8 Å². The summed E-state index contributed by atoms with van der Waals surface area (Å²) >= 11 is 10.5. The van der Waals surface area contributed by atoms with Gasteiger partial charge in [0, 0.05) is 118 Å². The molecule has 0 radical (unpaired) electrons. The quantitative estimate of drug-likeness (QED) is 0.0296. The molecule has 2 unspecified atom stereocenters. The van der Waals surface area contributed by atoms with Crippen molar-refractivity contribution in [2.75, 3.05) is 67.2 Å². The van der Waals surface area contributed by atoms with E-state index in [-0.39, 0.29) is 13.2 Å². The molecule has 0 amide bonds. The lowest BCUT2D eigenvalue weighted by Gasteiger charge is -2.36. The zero-order valence-corrected chi connectivity index (χ0v) is 50.7. The van der Waals surface area contributed by atoms with Gasteiger partial charge in [0.25, 0.3) is 0 Å². The summed E-state index contributed by atoms with van der Waals surface area (Å²) in [4.78, 5) is 26.5. The third kappa shape index (κ3) is 16.4. The standard InChI is InChI=1S/C20H26BrN6O2.C16H18BrN6O.C13H13BrN5O.C6H15NO/c1-29-25-8-4-5-15(14-25)12-22-18-11-19(24-20-17(21)13-23-27(18)20)26-9-3-2-6-16(26)7-10-28;17-13-9-19-23-15(18-8-11-3-2-6-22(24)10-11)7-14(21-16(13)23)20-12-4-1-5-12;1-20-18-6-2-3-10(9-18)7-16-12-4-5-15-13-11(14)8-17-19(12)13;1-3-4-6(5-8)7-2/h4-5,8,11,13-14,16,22,28H,2-3,6-7,9-10,12H2,1H3;2-3,6-7,9-10,12,18,24H,1,4-5,8H2,(H,20,21);2-6,8-9,16H,7H2,1H3;6-8H,3-5H2,1-2H3/q3*+1;. The first kappa shape index (κ1) is 60.1. The Morgan fingerprint density at radius 3 is 1.80 bits per heavy atom. The number of pyridine rings is 3. The Hall–Kier alpha value is -6.97. The Balaban J connectivity index is 0.000000151. The molecule has 2 fully saturated rings. The highest BCUT2D eigenvalue weighted by atomic mass is 79.9. The van der Waals surface area contributed by atoms with Crippen LogP contribution in [0.3, 0.4) is 0 Å². The summed E-state index contributed by atoms with van der Waals surface area (Å²) in [6, 6.07) is 18.8. The lowest BCUT2D eigenvalue weighted by molar-refractivity contribution is -0.905. The fourth-order valence-electron chi connectivity index (χ4n) is 9.15. The maximum atomic E-state index is 9.51. The second-order valence-corrected chi connectivity index (χ2v) is 21.8. The molecule has 81 heavy (non-hydrogen) atoms. The first-order valence-electron chi connectivity index (χ1n) is 27.0. The number of anilines is 5. The zero-order valence-electron chi connectivity index (χ0n) is 45.9. The predicted molar refractivity (Wildman–Crippen MR) is 319 cm³/mol. The van der Waals surface area contributed by atoms with Crippen LogP contribution in [-0.2, 0) is 19.6 Å². The van der Waals surface area contributed by atoms with Crippen LogP contribution in [0.2, 0.25) is 0 Å². The molecule has 1 aliphatic carbocycles. The highest BCUT2D eigenvalue weighted by molar-refractivity contribution is 9.11. The van der Waals surface area contributed by atoms with Crippen molar-refractivity contribution in [3.63, 3.8) is 0 Å². The van der Waals surface area contributed by atoms with Crippen molar-refractivity contribution in [3.8, 4) is 0 Å². The number of aliphatic hydroxyl groups is 2. The van der Waals surface area contributed by atoms with Gasteiger partial charge >= 0.3 is 0 Å². The SMILES string of the molecule is CCCC(CO)NC.CO[n+]1cccc(CNc2cc(N3CCCCC3CCO)nc3c(Br)cnn23)c1.CO[n+]1cccc(CNc2ccnc3c(Br)cnn23)c1.O[n+]1cccc(CNc2cc(NC3CCC3)nc3c(Br)cnn23)c1. The van der Waals surface area contributed by atoms with E-state index in [9.17, 15) is 10.3 Å². The minimum absolute atomic E-state index is 0.193. The number of fused-ring (bicyclic) bond motifs is 3. The number of nitrogens with zero attached hydrogens (tertiary/aromatic N) is 13. The smallest absolute Gasteiger partial charge is 0.227 e. The van der Waals surface area contributed by atoms with Crippen molar-refractivity contribution in [1.29, 1.82) is 0 Å². The zero-order chi connectivity index (χ0) is 57.1. The molecule has 1 aliphatic heterocycles. The van der Waals surface area contributed by atoms with Gasteiger partial charge in [0.1, 0.15) is 43.3 Å². The van der Waals surface area contributed by atoms with Crippen molar-refractivity contribution in [2.24, 2.45) is 0 Å². The summed E-state index contributed by atoms with van der Waals surface area (Å²) in [6.07, 6.45) is 27.8. The molecule has 0 spiro atoms. The van der Waals surface area contributed by atoms with Gasteiger partial charge in [0.2, 0.25) is 37.2 Å². The van der Waals surface area contributed by atoms with Crippen LogP contribution >= 0.6 is 47.8 Å². The first-order valence-corrected chi connectivity index (χ1v) is 29.4. The molecule has 23 nitrogen and oxygen atoms in total. The van der Waals surface area contributed by atoms with E-state index in [1.54, 1.807) is 76.0 Å². The number of hydrogen-bond acceptors (Lipinski definition) is 17. The van der Waals surface area contributed by atoms with Crippen molar-refractivity contribution in [1.82, 2.24) is 49.1 Å². The summed E-state index contributed by atoms with van der Waals surface area (Å²) in [6.45, 7) is 5.37. The van der Waals surface area contributed by atoms with Gasteiger partial charge in [0.15, 0.2) is 16.9 Å². The maximum Gasteiger partial charge on any atom is 0.227 e. The van der Waals surface area contributed by atoms with Crippen molar-refractivity contribution < 1.29 is 39.3 Å². The minimum atomic E-state index is 0.193. The van der Waals surface area contributed by atoms with Crippen LogP contribution in [0.4, 0.5) is 29.1 Å². The second-order valence-electron chi connectivity index (χ2n) is 19.3. The highest BCUT2D eigenvalue weighted by Crippen LogP contribution is 2.31. The van der Waals surface area contributed by atoms with E-state index in [0.29, 0.717) is 37.8 Å². The average Bonchev–Trinajstić information content (AvgIpc) is 4.43. The molecule has 0 bridgehead atoms. The van der Waals surface area contributed by atoms with Crippen molar-refractivity contribution >= 4 is 93.8 Å². The summed E-state index contributed by atoms with van der Waals surface area (Å²) < 4.78 is 12.3. The molecule has 8 N–H and O–H groups in total. The molecule has 0 aromatic carbocycles. The second kappa shape index (κ2) is 30.2. The maximum absolute atomic E-state index is 9.51. The third-order valence-electron chi connectivity index (χ3n) is 13.7. The summed E-state index contributed by atoms with van der Waals surface area (Å²) in [5.74, 6) is 4.37. The molecule has 10 heterocycles. The van der Waals surface area contributed by atoms with E-state index in [1.807, 2.05) is 78.8 Å². The number of likely N-dealkylation sites (N-methyl/N-ethyl adjacent to an activating group) is 1. The van der Waals surface area contributed by atoms with Gasteiger partial charge < -0.3 is 41.7 Å². The highest BCUT2D eigenvalue weighted by Gasteiger charge is 2.25. The van der Waals surface area contributed by atoms with E-state index < -0.39 is 0 Å². The van der Waals surface area contributed by atoms with Crippen LogP contribution < -0.4 is 55.4 Å². The van der Waals surface area contributed by atoms with Gasteiger partial charge in [-0.3, -0.25) is 14.9 Å². The van der Waals surface area contributed by atoms with Gasteiger partial charge in [-0.05, 0) is 130 Å². The van der Waals surface area contributed by atoms with Crippen LogP contribution in [0.5, 0.6) is 0 Å². The third-order valence-corrected chi connectivity index (χ3v) is 15.3. The molecule has 9 aromatic rings. The Morgan fingerprint density at radius 1 is 0.691 bits per heavy atom. The fourth-order valence-corrected chi connectivity index (χ4v) is 10.2. The number of nitrogens with one attached hydrogen (secondary N) is 5. The van der Waals surface area contributed by atoms with E-state index in [4.69, 9.17) is 19.8 Å². The van der Waals surface area contributed by atoms with Crippen LogP contribution in [0.15, 0.2) is 130 Å². The lowest BCUT2D eigenvalue weighted by Crippen LogP contribution is -2.40. The molecular formula is C55H72Br3N18O5+3. The molecular weight excluding hydrogens is 1230 g/mol. The molecule has 430 valence electrons. The Labute approximate surface area is 495 Å². The summed E-state index contributed by atoms with van der Waals surface area (Å²) in [7, 11) is 5.14. The van der Waals surface area contributed by atoms with Crippen LogP contribution in [0.1, 0.15) is 81.4 Å². The monoisotopic (exact) mass is 1300 g/mol. The number of piperidine rings is 1. The van der Waals surface area contributed by atoms with E-state index >= 15 is 0 Å². The Kier molecular flexibility index (Phi) is 22.4. The predicted octanol–water partition coefficient (Wildman–Crippen LogP) is 6.60.